The van der Waals surface area contributed by atoms with E-state index < -0.39 is 5.60 Å². The lowest BCUT2D eigenvalue weighted by atomic mass is 9.74. The van der Waals surface area contributed by atoms with Gasteiger partial charge in [0.05, 0.1) is 6.42 Å². The fraction of sp³-hybridized carbons (Fsp3) is 0.786. The van der Waals surface area contributed by atoms with Crippen molar-refractivity contribution in [3.05, 3.63) is 0 Å². The van der Waals surface area contributed by atoms with E-state index in [4.69, 9.17) is 4.74 Å². The zero-order valence-electron chi connectivity index (χ0n) is 11.8. The van der Waals surface area contributed by atoms with Crippen LogP contribution in [0.15, 0.2) is 0 Å². The Morgan fingerprint density at radius 3 is 2.63 bits per heavy atom. The number of piperidine rings is 1. The second-order valence-corrected chi connectivity index (χ2v) is 6.47. The predicted molar refractivity (Wildman–Crippen MR) is 68.7 cm³/mol. The van der Waals surface area contributed by atoms with Crippen LogP contribution in [0.5, 0.6) is 0 Å². The van der Waals surface area contributed by atoms with Crippen LogP contribution < -0.4 is 0 Å². The molecule has 1 aliphatic carbocycles. The molecule has 5 nitrogen and oxygen atoms in total. The molecule has 0 aromatic heterocycles. The van der Waals surface area contributed by atoms with Gasteiger partial charge in [0.25, 0.3) is 0 Å². The highest BCUT2D eigenvalue weighted by atomic mass is 16.6. The molecule has 5 heteroatoms. The first-order chi connectivity index (χ1) is 8.76. The first kappa shape index (κ1) is 14.0. The SMILES string of the molecule is CC(C)(C)OC(=O)N1CC[C@@H]2CC(=O)CC(=O)[C@H]2C1. The van der Waals surface area contributed by atoms with Gasteiger partial charge >= 0.3 is 6.09 Å². The van der Waals surface area contributed by atoms with Gasteiger partial charge in [-0.3, -0.25) is 9.59 Å². The molecule has 0 spiro atoms. The molecule has 1 heterocycles. The number of carbonyl (C=O) groups is 3. The Bertz CT molecular complexity index is 410. The minimum atomic E-state index is -0.527. The van der Waals surface area contributed by atoms with E-state index in [-0.39, 0.29) is 35.9 Å². The van der Waals surface area contributed by atoms with Crippen LogP contribution in [0, 0.1) is 11.8 Å². The standard InChI is InChI=1S/C14H21NO4/c1-14(2,3)19-13(18)15-5-4-9-6-10(16)7-12(17)11(9)8-15/h9,11H,4-8H2,1-3H3/t9-,11+/m1/s1. The lowest BCUT2D eigenvalue weighted by Crippen LogP contribution is -2.50. The molecular formula is C14H21NO4. The number of fused-ring (bicyclic) bond motifs is 1. The van der Waals surface area contributed by atoms with Gasteiger partial charge in [-0.2, -0.15) is 0 Å². The van der Waals surface area contributed by atoms with Gasteiger partial charge in [0.2, 0.25) is 0 Å². The Morgan fingerprint density at radius 1 is 1.32 bits per heavy atom. The summed E-state index contributed by atoms with van der Waals surface area (Å²) in [6, 6.07) is 0. The molecule has 1 amide bonds. The van der Waals surface area contributed by atoms with Crippen molar-refractivity contribution in [3.8, 4) is 0 Å². The van der Waals surface area contributed by atoms with E-state index in [1.807, 2.05) is 20.8 Å². The van der Waals surface area contributed by atoms with E-state index in [1.165, 1.54) is 0 Å². The molecule has 19 heavy (non-hydrogen) atoms. The number of amides is 1. The third-order valence-electron chi connectivity index (χ3n) is 3.68. The van der Waals surface area contributed by atoms with Crippen LogP contribution in [0.2, 0.25) is 0 Å². The van der Waals surface area contributed by atoms with E-state index in [2.05, 4.69) is 0 Å². The minimum absolute atomic E-state index is 0.0190. The minimum Gasteiger partial charge on any atom is -0.444 e. The predicted octanol–water partition coefficient (Wildman–Crippen LogP) is 1.79. The number of hydrogen-bond donors (Lipinski definition) is 0. The molecule has 2 rings (SSSR count). The Labute approximate surface area is 113 Å². The number of rotatable bonds is 0. The summed E-state index contributed by atoms with van der Waals surface area (Å²) in [5.74, 6) is -0.0436. The third-order valence-corrected chi connectivity index (χ3v) is 3.68. The summed E-state index contributed by atoms with van der Waals surface area (Å²) >= 11 is 0. The Kier molecular flexibility index (Phi) is 3.65. The molecule has 2 atom stereocenters. The van der Waals surface area contributed by atoms with Crippen LogP contribution in [0.25, 0.3) is 0 Å². The molecule has 1 saturated heterocycles. The van der Waals surface area contributed by atoms with Crippen molar-refractivity contribution in [3.63, 3.8) is 0 Å². The van der Waals surface area contributed by atoms with Crippen LogP contribution in [-0.2, 0) is 14.3 Å². The second-order valence-electron chi connectivity index (χ2n) is 6.47. The number of hydrogen-bond acceptors (Lipinski definition) is 4. The molecule has 0 unspecified atom stereocenters. The van der Waals surface area contributed by atoms with E-state index in [0.29, 0.717) is 25.9 Å². The van der Waals surface area contributed by atoms with Gasteiger partial charge in [-0.15, -0.1) is 0 Å². The van der Waals surface area contributed by atoms with Gasteiger partial charge < -0.3 is 9.64 Å². The molecule has 1 aliphatic heterocycles. The van der Waals surface area contributed by atoms with E-state index in [9.17, 15) is 14.4 Å². The molecule has 0 bridgehead atoms. The number of likely N-dealkylation sites (tertiary alicyclic amines) is 1. The highest BCUT2D eigenvalue weighted by molar-refractivity contribution is 6.03. The van der Waals surface area contributed by atoms with Crippen molar-refractivity contribution < 1.29 is 19.1 Å². The van der Waals surface area contributed by atoms with Gasteiger partial charge in [0.15, 0.2) is 0 Å². The number of nitrogens with zero attached hydrogens (tertiary/aromatic N) is 1. The quantitative estimate of drug-likeness (QED) is 0.628. The van der Waals surface area contributed by atoms with Crippen LogP contribution in [-0.4, -0.2) is 41.3 Å². The third kappa shape index (κ3) is 3.33. The molecule has 106 valence electrons. The van der Waals surface area contributed by atoms with Crippen molar-refractivity contribution in [2.75, 3.05) is 13.1 Å². The summed E-state index contributed by atoms with van der Waals surface area (Å²) < 4.78 is 5.32. The first-order valence-corrected chi connectivity index (χ1v) is 6.78. The summed E-state index contributed by atoms with van der Waals surface area (Å²) in [6.07, 6.45) is 0.860. The molecule has 1 saturated carbocycles. The van der Waals surface area contributed by atoms with Crippen LogP contribution >= 0.6 is 0 Å². The summed E-state index contributed by atoms with van der Waals surface area (Å²) in [5.41, 5.74) is -0.527. The number of ketones is 2. The largest absolute Gasteiger partial charge is 0.444 e. The molecule has 2 aliphatic rings. The van der Waals surface area contributed by atoms with Crippen LogP contribution in [0.3, 0.4) is 0 Å². The Balaban J connectivity index is 2.00. The van der Waals surface area contributed by atoms with Gasteiger partial charge in [-0.25, -0.2) is 4.79 Å². The number of ether oxygens (including phenoxy) is 1. The maximum atomic E-state index is 12.0. The molecular weight excluding hydrogens is 246 g/mol. The molecule has 0 N–H and O–H groups in total. The van der Waals surface area contributed by atoms with E-state index >= 15 is 0 Å². The van der Waals surface area contributed by atoms with Crippen LogP contribution in [0.4, 0.5) is 4.79 Å². The molecule has 0 aromatic carbocycles. The van der Waals surface area contributed by atoms with Crippen molar-refractivity contribution >= 4 is 17.7 Å². The highest BCUT2D eigenvalue weighted by Crippen LogP contribution is 2.33. The molecule has 2 fully saturated rings. The van der Waals surface area contributed by atoms with Crippen LogP contribution in [0.1, 0.15) is 40.0 Å². The fourth-order valence-corrected chi connectivity index (χ4v) is 2.79. The lowest BCUT2D eigenvalue weighted by molar-refractivity contribution is -0.137. The maximum absolute atomic E-state index is 12.0. The number of Topliss-reactive ketones (excluding diaryl/α,β-unsaturated/α-hetero) is 2. The summed E-state index contributed by atoms with van der Waals surface area (Å²) in [4.78, 5) is 36.9. The summed E-state index contributed by atoms with van der Waals surface area (Å²) in [6.45, 7) is 6.43. The Hall–Kier alpha value is -1.39. The maximum Gasteiger partial charge on any atom is 0.410 e. The van der Waals surface area contributed by atoms with Crippen molar-refractivity contribution in [2.45, 2.75) is 45.6 Å². The topological polar surface area (TPSA) is 63.7 Å². The molecule has 0 radical (unpaired) electrons. The average Bonchev–Trinajstić information content (AvgIpc) is 2.25. The molecule has 0 aromatic rings. The summed E-state index contributed by atoms with van der Waals surface area (Å²) in [7, 11) is 0. The van der Waals surface area contributed by atoms with Gasteiger partial charge in [0, 0.05) is 25.4 Å². The zero-order valence-corrected chi connectivity index (χ0v) is 11.8. The zero-order chi connectivity index (χ0) is 14.2. The van der Waals surface area contributed by atoms with E-state index in [1.54, 1.807) is 4.90 Å². The van der Waals surface area contributed by atoms with Gasteiger partial charge in [-0.1, -0.05) is 0 Å². The van der Waals surface area contributed by atoms with Crippen molar-refractivity contribution in [1.29, 1.82) is 0 Å². The monoisotopic (exact) mass is 267 g/mol. The van der Waals surface area contributed by atoms with Crippen molar-refractivity contribution in [1.82, 2.24) is 4.90 Å². The van der Waals surface area contributed by atoms with Gasteiger partial charge in [0.1, 0.15) is 17.2 Å². The Morgan fingerprint density at radius 2 is 2.00 bits per heavy atom. The van der Waals surface area contributed by atoms with E-state index in [0.717, 1.165) is 0 Å². The number of carbonyl (C=O) groups excluding carboxylic acids is 3. The fourth-order valence-electron chi connectivity index (χ4n) is 2.79. The highest BCUT2D eigenvalue weighted by Gasteiger charge is 2.41. The van der Waals surface area contributed by atoms with Gasteiger partial charge in [-0.05, 0) is 33.1 Å². The first-order valence-electron chi connectivity index (χ1n) is 6.78. The lowest BCUT2D eigenvalue weighted by Gasteiger charge is -2.40. The average molecular weight is 267 g/mol. The second kappa shape index (κ2) is 4.94. The summed E-state index contributed by atoms with van der Waals surface area (Å²) in [5, 5.41) is 0. The van der Waals surface area contributed by atoms with Crippen molar-refractivity contribution in [2.24, 2.45) is 11.8 Å². The normalized spacial score (nSPS) is 28.1. The smallest absolute Gasteiger partial charge is 0.410 e.